The van der Waals surface area contributed by atoms with Gasteiger partial charge in [0.1, 0.15) is 12.4 Å². The topological polar surface area (TPSA) is 72.5 Å². The molecule has 1 amide bonds. The van der Waals surface area contributed by atoms with Gasteiger partial charge in [-0.15, -0.1) is 0 Å². The number of nitrogens with one attached hydrogen (secondary N) is 1. The van der Waals surface area contributed by atoms with E-state index < -0.39 is 9.84 Å². The first kappa shape index (κ1) is 22.8. The maximum Gasteiger partial charge on any atom is 0.251 e. The number of amides is 1. The van der Waals surface area contributed by atoms with Gasteiger partial charge in [-0.3, -0.25) is 4.79 Å². The van der Waals surface area contributed by atoms with E-state index in [1.807, 2.05) is 25.1 Å². The van der Waals surface area contributed by atoms with Crippen LogP contribution in [0.15, 0.2) is 77.7 Å². The molecule has 0 heterocycles. The highest BCUT2D eigenvalue weighted by Crippen LogP contribution is 2.22. The van der Waals surface area contributed by atoms with Crippen molar-refractivity contribution in [1.29, 1.82) is 0 Å². The molecule has 162 valence electrons. The summed E-state index contributed by atoms with van der Waals surface area (Å²) in [6.07, 6.45) is 1.83. The van der Waals surface area contributed by atoms with Gasteiger partial charge in [-0.05, 0) is 48.4 Å². The minimum Gasteiger partial charge on any atom is -0.489 e. The summed E-state index contributed by atoms with van der Waals surface area (Å²) in [5.41, 5.74) is 2.18. The van der Waals surface area contributed by atoms with E-state index in [1.165, 1.54) is 6.26 Å². The Labute approximate surface area is 187 Å². The van der Waals surface area contributed by atoms with Crippen molar-refractivity contribution in [2.45, 2.75) is 30.9 Å². The van der Waals surface area contributed by atoms with Crippen LogP contribution in [0.3, 0.4) is 0 Å². The van der Waals surface area contributed by atoms with Crippen LogP contribution >= 0.6 is 11.6 Å². The van der Waals surface area contributed by atoms with Crippen LogP contribution < -0.4 is 10.1 Å². The third-order valence-electron chi connectivity index (χ3n) is 4.87. The first-order valence-electron chi connectivity index (χ1n) is 9.85. The van der Waals surface area contributed by atoms with Crippen molar-refractivity contribution in [3.8, 4) is 5.75 Å². The lowest BCUT2D eigenvalue weighted by molar-refractivity contribution is 0.0935. The van der Waals surface area contributed by atoms with Gasteiger partial charge in [-0.2, -0.15) is 0 Å². The molecule has 0 aliphatic carbocycles. The highest BCUT2D eigenvalue weighted by Gasteiger charge is 2.16. The molecule has 0 radical (unpaired) electrons. The molecular formula is C24H24ClNO4S. The molecule has 1 N–H and O–H groups in total. The van der Waals surface area contributed by atoms with Crippen molar-refractivity contribution in [3.63, 3.8) is 0 Å². The van der Waals surface area contributed by atoms with Gasteiger partial charge < -0.3 is 10.1 Å². The molecular weight excluding hydrogens is 434 g/mol. The van der Waals surface area contributed by atoms with E-state index >= 15 is 0 Å². The third kappa shape index (κ3) is 6.09. The van der Waals surface area contributed by atoms with E-state index in [2.05, 4.69) is 5.32 Å². The average molecular weight is 458 g/mol. The first-order valence-corrected chi connectivity index (χ1v) is 12.1. The molecule has 5 nitrogen and oxygen atoms in total. The van der Waals surface area contributed by atoms with Crippen molar-refractivity contribution in [1.82, 2.24) is 5.32 Å². The van der Waals surface area contributed by atoms with Gasteiger partial charge in [0.15, 0.2) is 9.84 Å². The number of rotatable bonds is 8. The van der Waals surface area contributed by atoms with Crippen molar-refractivity contribution in [2.75, 3.05) is 6.26 Å². The minimum atomic E-state index is -3.26. The zero-order valence-corrected chi connectivity index (χ0v) is 18.9. The fourth-order valence-electron chi connectivity index (χ4n) is 3.11. The van der Waals surface area contributed by atoms with E-state index in [0.717, 1.165) is 11.1 Å². The summed E-state index contributed by atoms with van der Waals surface area (Å²) in [5, 5.41) is 3.63. The van der Waals surface area contributed by atoms with E-state index in [4.69, 9.17) is 16.3 Å². The summed E-state index contributed by atoms with van der Waals surface area (Å²) in [6, 6.07) is 20.7. The highest BCUT2D eigenvalue weighted by atomic mass is 35.5. The van der Waals surface area contributed by atoms with Crippen molar-refractivity contribution < 1.29 is 17.9 Å². The van der Waals surface area contributed by atoms with Gasteiger partial charge in [-0.25, -0.2) is 8.42 Å². The molecule has 31 heavy (non-hydrogen) atoms. The SMILES string of the molecule is CC[C@H](NC(=O)c1cccc(OCc2ccccc2Cl)c1)c1ccc(S(C)(=O)=O)cc1. The number of ether oxygens (including phenoxy) is 1. The Morgan fingerprint density at radius 2 is 1.74 bits per heavy atom. The summed E-state index contributed by atoms with van der Waals surface area (Å²) < 4.78 is 29.1. The lowest BCUT2D eigenvalue weighted by atomic mass is 10.0. The number of carbonyl (C=O) groups excluding carboxylic acids is 1. The third-order valence-corrected chi connectivity index (χ3v) is 6.37. The van der Waals surface area contributed by atoms with Crippen LogP contribution in [0.2, 0.25) is 5.02 Å². The zero-order chi connectivity index (χ0) is 22.4. The van der Waals surface area contributed by atoms with Crippen molar-refractivity contribution in [3.05, 3.63) is 94.5 Å². The summed E-state index contributed by atoms with van der Waals surface area (Å²) >= 11 is 6.16. The smallest absolute Gasteiger partial charge is 0.251 e. The molecule has 3 aromatic carbocycles. The van der Waals surface area contributed by atoms with E-state index in [9.17, 15) is 13.2 Å². The lowest BCUT2D eigenvalue weighted by Crippen LogP contribution is -2.28. The van der Waals surface area contributed by atoms with Gasteiger partial charge >= 0.3 is 0 Å². The van der Waals surface area contributed by atoms with E-state index in [0.29, 0.717) is 29.4 Å². The molecule has 3 aromatic rings. The summed E-state index contributed by atoms with van der Waals surface area (Å²) in [6.45, 7) is 2.26. The summed E-state index contributed by atoms with van der Waals surface area (Å²) in [4.78, 5) is 13.1. The molecule has 0 fully saturated rings. The molecule has 0 unspecified atom stereocenters. The predicted molar refractivity (Wildman–Crippen MR) is 122 cm³/mol. The Hall–Kier alpha value is -2.83. The molecule has 0 aliphatic rings. The second kappa shape index (κ2) is 9.98. The Balaban J connectivity index is 1.69. The number of hydrogen-bond acceptors (Lipinski definition) is 4. The van der Waals surface area contributed by atoms with Crippen LogP contribution in [-0.2, 0) is 16.4 Å². The lowest BCUT2D eigenvalue weighted by Gasteiger charge is -2.18. The van der Waals surface area contributed by atoms with Crippen LogP contribution in [0.25, 0.3) is 0 Å². The fraction of sp³-hybridized carbons (Fsp3) is 0.208. The minimum absolute atomic E-state index is 0.234. The van der Waals surface area contributed by atoms with Gasteiger partial charge in [0.2, 0.25) is 0 Å². The van der Waals surface area contributed by atoms with Gasteiger partial charge in [0.25, 0.3) is 5.91 Å². The fourth-order valence-corrected chi connectivity index (χ4v) is 3.93. The average Bonchev–Trinajstić information content (AvgIpc) is 2.76. The number of hydrogen-bond donors (Lipinski definition) is 1. The molecule has 0 saturated heterocycles. The molecule has 0 aromatic heterocycles. The van der Waals surface area contributed by atoms with Crippen LogP contribution in [-0.4, -0.2) is 20.6 Å². The monoisotopic (exact) mass is 457 g/mol. The maximum absolute atomic E-state index is 12.8. The number of benzene rings is 3. The second-order valence-corrected chi connectivity index (χ2v) is 9.61. The quantitative estimate of drug-likeness (QED) is 0.504. The first-order chi connectivity index (χ1) is 14.8. The van der Waals surface area contributed by atoms with Crippen LogP contribution in [0.4, 0.5) is 0 Å². The molecule has 1 atom stereocenters. The maximum atomic E-state index is 12.8. The highest BCUT2D eigenvalue weighted by molar-refractivity contribution is 7.90. The van der Waals surface area contributed by atoms with E-state index in [-0.39, 0.29) is 16.8 Å². The standard InChI is InChI=1S/C24H24ClNO4S/c1-3-23(17-11-13-21(14-12-17)31(2,28)29)26-24(27)18-8-6-9-20(15-18)30-16-19-7-4-5-10-22(19)25/h4-15,23H,3,16H2,1-2H3,(H,26,27)/t23-/m0/s1. The molecule has 3 rings (SSSR count). The van der Waals surface area contributed by atoms with Gasteiger partial charge in [0.05, 0.1) is 10.9 Å². The molecule has 0 spiro atoms. The number of sulfone groups is 1. The van der Waals surface area contributed by atoms with Gasteiger partial charge in [-0.1, -0.05) is 54.9 Å². The van der Waals surface area contributed by atoms with Crippen LogP contribution in [0.5, 0.6) is 5.75 Å². The van der Waals surface area contributed by atoms with Crippen LogP contribution in [0, 0.1) is 0 Å². The predicted octanol–water partition coefficient (Wildman–Crippen LogP) is 5.20. The second-order valence-electron chi connectivity index (χ2n) is 7.18. The number of halogens is 1. The summed E-state index contributed by atoms with van der Waals surface area (Å²) in [5.74, 6) is 0.334. The Kier molecular flexibility index (Phi) is 7.36. The zero-order valence-electron chi connectivity index (χ0n) is 17.3. The summed E-state index contributed by atoms with van der Waals surface area (Å²) in [7, 11) is -3.26. The Bertz CT molecular complexity index is 1160. The molecule has 7 heteroatoms. The molecule has 0 bridgehead atoms. The van der Waals surface area contributed by atoms with E-state index in [1.54, 1.807) is 54.6 Å². The molecule has 0 aliphatic heterocycles. The van der Waals surface area contributed by atoms with Crippen molar-refractivity contribution >= 4 is 27.3 Å². The van der Waals surface area contributed by atoms with Crippen molar-refractivity contribution in [2.24, 2.45) is 0 Å². The van der Waals surface area contributed by atoms with Gasteiger partial charge in [0, 0.05) is 22.4 Å². The largest absolute Gasteiger partial charge is 0.489 e. The Morgan fingerprint density at radius 1 is 1.03 bits per heavy atom. The van der Waals surface area contributed by atoms with Crippen LogP contribution in [0.1, 0.15) is 40.9 Å². The number of carbonyl (C=O) groups is 1. The normalized spacial score (nSPS) is 12.2. The Morgan fingerprint density at radius 3 is 2.39 bits per heavy atom. The molecule has 0 saturated carbocycles.